The van der Waals surface area contributed by atoms with Crippen LogP contribution in [-0.2, 0) is 14.3 Å². The molecule has 3 heteroatoms. The van der Waals surface area contributed by atoms with Gasteiger partial charge in [-0.05, 0) is 0 Å². The highest BCUT2D eigenvalue weighted by molar-refractivity contribution is 5.81. The molecule has 0 aromatic rings. The predicted molar refractivity (Wildman–Crippen MR) is 46.8 cm³/mol. The minimum atomic E-state index is -0.390. The largest absolute Gasteiger partial charge is 0.462 e. The zero-order chi connectivity index (χ0) is 9.23. The molecule has 0 aliphatic heterocycles. The Labute approximate surface area is 72.7 Å². The van der Waals surface area contributed by atoms with Crippen molar-refractivity contribution in [3.05, 3.63) is 25.3 Å². The van der Waals surface area contributed by atoms with E-state index in [1.165, 1.54) is 0 Å². The molecule has 3 nitrogen and oxygen atoms in total. The molecule has 12 heavy (non-hydrogen) atoms. The average Bonchev–Trinajstić information content (AvgIpc) is 2.10. The number of hydrogen-bond acceptors (Lipinski definition) is 3. The van der Waals surface area contributed by atoms with Gasteiger partial charge in [-0.3, -0.25) is 0 Å². The normalized spacial score (nSPS) is 9.00. The van der Waals surface area contributed by atoms with Crippen LogP contribution in [0.15, 0.2) is 25.3 Å². The third-order valence-corrected chi connectivity index (χ3v) is 1.08. The molecular weight excluding hydrogens is 156 g/mol. The van der Waals surface area contributed by atoms with Crippen molar-refractivity contribution >= 4 is 5.97 Å². The van der Waals surface area contributed by atoms with Crippen molar-refractivity contribution in [2.45, 2.75) is 6.42 Å². The van der Waals surface area contributed by atoms with E-state index in [1.807, 2.05) is 0 Å². The second-order valence-corrected chi connectivity index (χ2v) is 2.09. The molecule has 0 radical (unpaired) electrons. The fraction of sp³-hybridized carbons (Fsp3) is 0.444. The zero-order valence-corrected chi connectivity index (χ0v) is 7.12. The highest BCUT2D eigenvalue weighted by Gasteiger charge is 1.93. The van der Waals surface area contributed by atoms with E-state index in [-0.39, 0.29) is 0 Å². The summed E-state index contributed by atoms with van der Waals surface area (Å²) < 4.78 is 9.77. The van der Waals surface area contributed by atoms with E-state index in [9.17, 15) is 4.79 Å². The Bertz CT molecular complexity index is 152. The van der Waals surface area contributed by atoms with Gasteiger partial charge >= 0.3 is 5.97 Å². The molecule has 0 unspecified atom stereocenters. The van der Waals surface area contributed by atoms with Crippen molar-refractivity contribution in [1.29, 1.82) is 0 Å². The molecule has 0 N–H and O–H groups in total. The first-order chi connectivity index (χ1) is 5.81. The lowest BCUT2D eigenvalue weighted by Gasteiger charge is -2.01. The van der Waals surface area contributed by atoms with Crippen LogP contribution in [0.4, 0.5) is 0 Å². The van der Waals surface area contributed by atoms with E-state index in [0.717, 1.165) is 6.08 Å². The highest BCUT2D eigenvalue weighted by atomic mass is 16.5. The smallest absolute Gasteiger partial charge is 0.330 e. The van der Waals surface area contributed by atoms with Crippen molar-refractivity contribution < 1.29 is 14.3 Å². The van der Waals surface area contributed by atoms with Gasteiger partial charge in [0.05, 0.1) is 19.8 Å². The van der Waals surface area contributed by atoms with E-state index in [2.05, 4.69) is 13.2 Å². The summed E-state index contributed by atoms with van der Waals surface area (Å²) in [4.78, 5) is 10.5. The number of rotatable bonds is 7. The zero-order valence-electron chi connectivity index (χ0n) is 7.12. The summed E-state index contributed by atoms with van der Waals surface area (Å²) in [5, 5.41) is 0. The third kappa shape index (κ3) is 7.02. The van der Waals surface area contributed by atoms with Crippen LogP contribution in [0, 0.1) is 0 Å². The molecule has 0 fully saturated rings. The second-order valence-electron chi connectivity index (χ2n) is 2.09. The fourth-order valence-electron chi connectivity index (χ4n) is 0.559. The van der Waals surface area contributed by atoms with Gasteiger partial charge in [0.1, 0.15) is 0 Å². The minimum absolute atomic E-state index is 0.377. The number of ether oxygens (including phenoxy) is 2. The van der Waals surface area contributed by atoms with Crippen LogP contribution in [0.5, 0.6) is 0 Å². The van der Waals surface area contributed by atoms with Crippen LogP contribution in [0.2, 0.25) is 0 Å². The summed E-state index contributed by atoms with van der Waals surface area (Å²) in [6.45, 7) is 8.26. The summed E-state index contributed by atoms with van der Waals surface area (Å²) in [5.41, 5.74) is 0. The molecule has 68 valence electrons. The van der Waals surface area contributed by atoms with Gasteiger partial charge in [0.2, 0.25) is 0 Å². The average molecular weight is 170 g/mol. The van der Waals surface area contributed by atoms with Crippen molar-refractivity contribution in [3.63, 3.8) is 0 Å². The Morgan fingerprint density at radius 2 is 2.08 bits per heavy atom. The van der Waals surface area contributed by atoms with E-state index in [4.69, 9.17) is 9.47 Å². The SMILES string of the molecule is C=CCOCCCOC(=O)C=C. The summed E-state index contributed by atoms with van der Waals surface area (Å²) in [7, 11) is 0. The monoisotopic (exact) mass is 170 g/mol. The predicted octanol–water partition coefficient (Wildman–Crippen LogP) is 1.31. The molecule has 0 rings (SSSR count). The van der Waals surface area contributed by atoms with Crippen LogP contribution < -0.4 is 0 Å². The molecular formula is C9H14O3. The molecule has 0 aromatic heterocycles. The van der Waals surface area contributed by atoms with E-state index < -0.39 is 5.97 Å². The maximum absolute atomic E-state index is 10.5. The van der Waals surface area contributed by atoms with E-state index in [0.29, 0.717) is 26.2 Å². The van der Waals surface area contributed by atoms with Crippen molar-refractivity contribution in [3.8, 4) is 0 Å². The lowest BCUT2D eigenvalue weighted by Crippen LogP contribution is -2.05. The lowest BCUT2D eigenvalue weighted by molar-refractivity contribution is -0.138. The first-order valence-electron chi connectivity index (χ1n) is 3.79. The van der Waals surface area contributed by atoms with Crippen molar-refractivity contribution in [1.82, 2.24) is 0 Å². The molecule has 0 amide bonds. The quantitative estimate of drug-likeness (QED) is 0.250. The third-order valence-electron chi connectivity index (χ3n) is 1.08. The van der Waals surface area contributed by atoms with Gasteiger partial charge in [-0.1, -0.05) is 12.7 Å². The second kappa shape index (κ2) is 8.01. The van der Waals surface area contributed by atoms with E-state index >= 15 is 0 Å². The molecule has 0 aliphatic rings. The topological polar surface area (TPSA) is 35.5 Å². The number of esters is 1. The van der Waals surface area contributed by atoms with E-state index in [1.54, 1.807) is 6.08 Å². The molecule has 0 saturated heterocycles. The Morgan fingerprint density at radius 1 is 1.33 bits per heavy atom. The maximum atomic E-state index is 10.5. The van der Waals surface area contributed by atoms with Crippen LogP contribution in [0.3, 0.4) is 0 Å². The van der Waals surface area contributed by atoms with Crippen molar-refractivity contribution in [2.24, 2.45) is 0 Å². The molecule has 0 aliphatic carbocycles. The van der Waals surface area contributed by atoms with Gasteiger partial charge < -0.3 is 9.47 Å². The van der Waals surface area contributed by atoms with Gasteiger partial charge in [0.15, 0.2) is 0 Å². The standard InChI is InChI=1S/C9H14O3/c1-3-6-11-7-5-8-12-9(10)4-2/h3-4H,1-2,5-8H2. The van der Waals surface area contributed by atoms with Gasteiger partial charge in [-0.15, -0.1) is 6.58 Å². The molecule has 0 aromatic carbocycles. The highest BCUT2D eigenvalue weighted by Crippen LogP contribution is 1.86. The minimum Gasteiger partial charge on any atom is -0.462 e. The first-order valence-corrected chi connectivity index (χ1v) is 3.79. The van der Waals surface area contributed by atoms with Crippen molar-refractivity contribution in [2.75, 3.05) is 19.8 Å². The Hall–Kier alpha value is -1.09. The summed E-state index contributed by atoms with van der Waals surface area (Å²) in [6, 6.07) is 0. The Balaban J connectivity index is 3.05. The van der Waals surface area contributed by atoms with Crippen LogP contribution >= 0.6 is 0 Å². The van der Waals surface area contributed by atoms with Gasteiger partial charge in [0, 0.05) is 12.5 Å². The molecule has 0 spiro atoms. The first kappa shape index (κ1) is 10.9. The fourth-order valence-corrected chi connectivity index (χ4v) is 0.559. The molecule has 0 heterocycles. The number of carbonyl (C=O) groups excluding carboxylic acids is 1. The molecule has 0 saturated carbocycles. The Kier molecular flexibility index (Phi) is 7.28. The molecule has 0 bridgehead atoms. The van der Waals surface area contributed by atoms with Gasteiger partial charge in [-0.25, -0.2) is 4.79 Å². The number of carbonyl (C=O) groups is 1. The maximum Gasteiger partial charge on any atom is 0.330 e. The van der Waals surface area contributed by atoms with Crippen LogP contribution in [-0.4, -0.2) is 25.8 Å². The van der Waals surface area contributed by atoms with Crippen LogP contribution in [0.25, 0.3) is 0 Å². The Morgan fingerprint density at radius 3 is 2.67 bits per heavy atom. The summed E-state index contributed by atoms with van der Waals surface area (Å²) >= 11 is 0. The number of hydrogen-bond donors (Lipinski definition) is 0. The summed E-state index contributed by atoms with van der Waals surface area (Å²) in [5.74, 6) is -0.390. The van der Waals surface area contributed by atoms with Gasteiger partial charge in [-0.2, -0.15) is 0 Å². The summed E-state index contributed by atoms with van der Waals surface area (Å²) in [6.07, 6.45) is 3.52. The van der Waals surface area contributed by atoms with Gasteiger partial charge in [0.25, 0.3) is 0 Å². The molecule has 0 atom stereocenters. The van der Waals surface area contributed by atoms with Crippen LogP contribution in [0.1, 0.15) is 6.42 Å². The lowest BCUT2D eigenvalue weighted by atomic mass is 10.5.